The second-order valence-corrected chi connectivity index (χ2v) is 6.57. The number of sulfone groups is 1. The molecule has 1 aromatic rings. The maximum Gasteiger partial charge on any atom is 0.293 e. The summed E-state index contributed by atoms with van der Waals surface area (Å²) in [5.74, 6) is -0.0286. The van der Waals surface area contributed by atoms with Gasteiger partial charge in [0, 0.05) is 24.7 Å². The summed E-state index contributed by atoms with van der Waals surface area (Å²) in [6.45, 7) is 0.452. The Hall–Kier alpha value is -1.96. The van der Waals surface area contributed by atoms with E-state index < -0.39 is 14.8 Å². The Morgan fingerprint density at radius 3 is 2.42 bits per heavy atom. The molecular weight excluding hydrogens is 272 g/mol. The quantitative estimate of drug-likeness (QED) is 0.459. The molecule has 0 spiro atoms. The smallest absolute Gasteiger partial charge is 0.293 e. The molecule has 8 heteroatoms. The number of hydrogen-bond donors (Lipinski definition) is 0. The van der Waals surface area contributed by atoms with E-state index in [1.54, 1.807) is 4.90 Å². The summed E-state index contributed by atoms with van der Waals surface area (Å²) in [4.78, 5) is 22.7. The first-order valence-corrected chi connectivity index (χ1v) is 7.44. The van der Waals surface area contributed by atoms with E-state index in [-0.39, 0.29) is 35.8 Å². The number of nitrogens with zero attached hydrogens (tertiary/aromatic N) is 2. The van der Waals surface area contributed by atoms with Crippen molar-refractivity contribution in [2.45, 2.75) is 0 Å². The lowest BCUT2D eigenvalue weighted by Gasteiger charge is -2.28. The lowest BCUT2D eigenvalue weighted by atomic mass is 10.1. The molecule has 0 bridgehead atoms. The fourth-order valence-electron chi connectivity index (χ4n) is 1.98. The molecule has 1 aromatic carbocycles. The average molecular weight is 284 g/mol. The molecule has 7 nitrogen and oxygen atoms in total. The number of carbonyl (C=O) groups is 1. The van der Waals surface area contributed by atoms with E-state index in [4.69, 9.17) is 0 Å². The molecule has 1 heterocycles. The fourth-order valence-corrected chi connectivity index (χ4v) is 3.18. The first kappa shape index (κ1) is 13.5. The molecule has 0 unspecified atom stereocenters. The zero-order valence-corrected chi connectivity index (χ0v) is 10.8. The molecule has 0 saturated carbocycles. The number of nitro groups is 1. The largest absolute Gasteiger partial charge is 0.364 e. The summed E-state index contributed by atoms with van der Waals surface area (Å²) in [6.07, 6.45) is 0.539. The maximum absolute atomic E-state index is 11.3. The van der Waals surface area contributed by atoms with Crippen LogP contribution in [0.4, 0.5) is 11.4 Å². The van der Waals surface area contributed by atoms with Gasteiger partial charge >= 0.3 is 0 Å². The summed E-state index contributed by atoms with van der Waals surface area (Å²) < 4.78 is 22.7. The number of rotatable bonds is 3. The van der Waals surface area contributed by atoms with Crippen molar-refractivity contribution in [1.82, 2.24) is 0 Å². The van der Waals surface area contributed by atoms with Crippen molar-refractivity contribution in [3.63, 3.8) is 0 Å². The average Bonchev–Trinajstić information content (AvgIpc) is 2.38. The number of nitro benzene ring substituents is 1. The van der Waals surface area contributed by atoms with Crippen LogP contribution in [0.5, 0.6) is 0 Å². The second-order valence-electron chi connectivity index (χ2n) is 4.26. The van der Waals surface area contributed by atoms with Crippen LogP contribution in [0, 0.1) is 10.1 Å². The molecule has 0 aromatic heterocycles. The van der Waals surface area contributed by atoms with Gasteiger partial charge in [-0.05, 0) is 12.1 Å². The molecule has 19 heavy (non-hydrogen) atoms. The first-order valence-electron chi connectivity index (χ1n) is 5.62. The van der Waals surface area contributed by atoms with Gasteiger partial charge in [0.15, 0.2) is 9.84 Å². The number of aldehydes is 1. The van der Waals surface area contributed by atoms with E-state index in [1.165, 1.54) is 18.2 Å². The Balaban J connectivity index is 2.35. The Kier molecular flexibility index (Phi) is 3.52. The summed E-state index contributed by atoms with van der Waals surface area (Å²) in [6, 6.07) is 4.17. The van der Waals surface area contributed by atoms with Gasteiger partial charge in [-0.3, -0.25) is 14.9 Å². The number of carbonyl (C=O) groups excluding carboxylic acids is 1. The van der Waals surface area contributed by atoms with E-state index in [2.05, 4.69) is 0 Å². The predicted octanol–water partition coefficient (Wildman–Crippen LogP) is 0.642. The van der Waals surface area contributed by atoms with E-state index in [9.17, 15) is 23.3 Å². The zero-order valence-electron chi connectivity index (χ0n) is 9.98. The molecule has 102 valence electrons. The first-order chi connectivity index (χ1) is 8.93. The predicted molar refractivity (Wildman–Crippen MR) is 69.4 cm³/mol. The Morgan fingerprint density at radius 2 is 1.89 bits per heavy atom. The Labute approximate surface area is 109 Å². The van der Waals surface area contributed by atoms with Gasteiger partial charge < -0.3 is 4.90 Å². The molecule has 1 aliphatic heterocycles. The van der Waals surface area contributed by atoms with Gasteiger partial charge in [0.1, 0.15) is 12.0 Å². The highest BCUT2D eigenvalue weighted by Gasteiger charge is 2.26. The number of anilines is 1. The van der Waals surface area contributed by atoms with Crippen molar-refractivity contribution in [3.8, 4) is 0 Å². The third-order valence-corrected chi connectivity index (χ3v) is 4.63. The van der Waals surface area contributed by atoms with E-state index in [0.29, 0.717) is 12.0 Å². The Bertz CT molecular complexity index is 612. The highest BCUT2D eigenvalue weighted by Crippen LogP contribution is 2.29. The van der Waals surface area contributed by atoms with Crippen molar-refractivity contribution in [2.75, 3.05) is 29.5 Å². The van der Waals surface area contributed by atoms with Gasteiger partial charge in [-0.2, -0.15) is 0 Å². The Morgan fingerprint density at radius 1 is 1.26 bits per heavy atom. The molecule has 1 aliphatic rings. The fraction of sp³-hybridized carbons (Fsp3) is 0.364. The van der Waals surface area contributed by atoms with E-state index >= 15 is 0 Å². The van der Waals surface area contributed by atoms with Crippen LogP contribution in [0.25, 0.3) is 0 Å². The van der Waals surface area contributed by atoms with Gasteiger partial charge in [0.2, 0.25) is 0 Å². The molecule has 1 saturated heterocycles. The minimum Gasteiger partial charge on any atom is -0.364 e. The van der Waals surface area contributed by atoms with Crippen molar-refractivity contribution >= 4 is 27.5 Å². The monoisotopic (exact) mass is 284 g/mol. The van der Waals surface area contributed by atoms with Gasteiger partial charge in [-0.1, -0.05) is 0 Å². The topological polar surface area (TPSA) is 97.6 Å². The summed E-state index contributed by atoms with van der Waals surface area (Å²) in [7, 11) is -3.04. The van der Waals surface area contributed by atoms with Crippen molar-refractivity contribution in [1.29, 1.82) is 0 Å². The summed E-state index contributed by atoms with van der Waals surface area (Å²) in [5, 5.41) is 11.0. The lowest BCUT2D eigenvalue weighted by Crippen LogP contribution is -2.40. The number of hydrogen-bond acceptors (Lipinski definition) is 6. The van der Waals surface area contributed by atoms with Crippen LogP contribution in [0.1, 0.15) is 10.4 Å². The summed E-state index contributed by atoms with van der Waals surface area (Å²) in [5.41, 5.74) is 0.398. The van der Waals surface area contributed by atoms with Crippen molar-refractivity contribution in [2.24, 2.45) is 0 Å². The second kappa shape index (κ2) is 4.96. The zero-order chi connectivity index (χ0) is 14.0. The van der Waals surface area contributed by atoms with Crippen LogP contribution < -0.4 is 4.90 Å². The summed E-state index contributed by atoms with van der Waals surface area (Å²) >= 11 is 0. The molecular formula is C11H12N2O5S. The third-order valence-electron chi connectivity index (χ3n) is 3.02. The molecule has 2 rings (SSSR count). The van der Waals surface area contributed by atoms with Crippen LogP contribution in [0.15, 0.2) is 18.2 Å². The van der Waals surface area contributed by atoms with Crippen LogP contribution in [0.2, 0.25) is 0 Å². The van der Waals surface area contributed by atoms with E-state index in [0.717, 1.165) is 0 Å². The minimum atomic E-state index is -3.04. The lowest BCUT2D eigenvalue weighted by molar-refractivity contribution is -0.384. The van der Waals surface area contributed by atoms with Gasteiger partial charge in [-0.25, -0.2) is 8.42 Å². The molecule has 1 fully saturated rings. The standard InChI is InChI=1S/C11H12N2O5S/c14-8-9-1-2-10(11(7-9)13(15)16)12-3-5-19(17,18)6-4-12/h1-2,7-8H,3-6H2. The normalized spacial score (nSPS) is 18.0. The van der Waals surface area contributed by atoms with Crippen molar-refractivity contribution < 1.29 is 18.1 Å². The van der Waals surface area contributed by atoms with E-state index in [1.807, 2.05) is 0 Å². The molecule has 0 aliphatic carbocycles. The van der Waals surface area contributed by atoms with Gasteiger partial charge in [0.25, 0.3) is 5.69 Å². The SMILES string of the molecule is O=Cc1ccc(N2CCS(=O)(=O)CC2)c([N+](=O)[O-])c1. The maximum atomic E-state index is 11.3. The van der Waals surface area contributed by atoms with Gasteiger partial charge in [-0.15, -0.1) is 0 Å². The molecule has 0 amide bonds. The third kappa shape index (κ3) is 2.90. The highest BCUT2D eigenvalue weighted by molar-refractivity contribution is 7.91. The van der Waals surface area contributed by atoms with Crippen molar-refractivity contribution in [3.05, 3.63) is 33.9 Å². The number of benzene rings is 1. The molecule has 0 N–H and O–H groups in total. The van der Waals surface area contributed by atoms with Crippen LogP contribution >= 0.6 is 0 Å². The molecule has 0 atom stereocenters. The highest BCUT2D eigenvalue weighted by atomic mass is 32.2. The van der Waals surface area contributed by atoms with Crippen LogP contribution in [0.3, 0.4) is 0 Å². The van der Waals surface area contributed by atoms with Crippen LogP contribution in [-0.2, 0) is 9.84 Å². The van der Waals surface area contributed by atoms with Crippen LogP contribution in [-0.4, -0.2) is 44.2 Å². The molecule has 0 radical (unpaired) electrons. The van der Waals surface area contributed by atoms with Gasteiger partial charge in [0.05, 0.1) is 16.4 Å². The minimum absolute atomic E-state index is 0.0143.